The number of carboxylic acids is 1. The van der Waals surface area contributed by atoms with Crippen molar-refractivity contribution in [3.05, 3.63) is 0 Å². The first-order chi connectivity index (χ1) is 7.11. The second kappa shape index (κ2) is 4.08. The van der Waals surface area contributed by atoms with E-state index in [9.17, 15) is 4.79 Å². The fraction of sp³-hybridized carbons (Fsp3) is 0.900. The fourth-order valence-corrected chi connectivity index (χ4v) is 2.31. The molecule has 5 heteroatoms. The lowest BCUT2D eigenvalue weighted by molar-refractivity contribution is -0.139. The molecule has 2 fully saturated rings. The molecule has 3 N–H and O–H groups in total. The molecule has 0 aromatic carbocycles. The van der Waals surface area contributed by atoms with Gasteiger partial charge in [-0.15, -0.1) is 0 Å². The smallest absolute Gasteiger partial charge is 0.305 e. The van der Waals surface area contributed by atoms with Crippen LogP contribution in [0.5, 0.6) is 0 Å². The van der Waals surface area contributed by atoms with Crippen molar-refractivity contribution in [1.29, 1.82) is 0 Å². The minimum atomic E-state index is -0.740. The van der Waals surface area contributed by atoms with Crippen LogP contribution in [0, 0.1) is 0 Å². The van der Waals surface area contributed by atoms with Gasteiger partial charge in [0, 0.05) is 25.7 Å². The first kappa shape index (κ1) is 10.9. The lowest BCUT2D eigenvalue weighted by atomic mass is 9.87. The Morgan fingerprint density at radius 2 is 2.40 bits per heavy atom. The minimum absolute atomic E-state index is 0.184. The molecule has 0 aliphatic carbocycles. The van der Waals surface area contributed by atoms with Crippen LogP contribution in [0.1, 0.15) is 19.8 Å². The third-order valence-corrected chi connectivity index (χ3v) is 3.28. The molecule has 0 spiro atoms. The molecule has 0 saturated carbocycles. The van der Waals surface area contributed by atoms with Gasteiger partial charge in [0.1, 0.15) is 0 Å². The van der Waals surface area contributed by atoms with Crippen LogP contribution in [0.25, 0.3) is 0 Å². The van der Waals surface area contributed by atoms with E-state index in [0.717, 1.165) is 26.1 Å². The van der Waals surface area contributed by atoms with Crippen LogP contribution in [0.3, 0.4) is 0 Å². The maximum atomic E-state index is 10.8. The van der Waals surface area contributed by atoms with Crippen LogP contribution in [-0.2, 0) is 9.53 Å². The second-order valence-corrected chi connectivity index (χ2v) is 4.57. The number of carboxylic acid groups (broad SMARTS) is 1. The van der Waals surface area contributed by atoms with Gasteiger partial charge in [-0.25, -0.2) is 0 Å². The topological polar surface area (TPSA) is 70.6 Å². The molecule has 2 rings (SSSR count). The second-order valence-electron chi connectivity index (χ2n) is 4.57. The number of ether oxygens (including phenoxy) is 1. The maximum absolute atomic E-state index is 10.8. The highest BCUT2D eigenvalue weighted by molar-refractivity contribution is 5.68. The Labute approximate surface area is 89.2 Å². The standard InChI is InChI=1S/C10H18N2O3/c1-7-8(2-3-15-7)12-10(4-9(13)14)5-11-6-10/h7-8,11-12H,2-6H2,1H3,(H,13,14). The average molecular weight is 214 g/mol. The van der Waals surface area contributed by atoms with Gasteiger partial charge in [-0.05, 0) is 13.3 Å². The van der Waals surface area contributed by atoms with Gasteiger partial charge in [-0.1, -0.05) is 0 Å². The van der Waals surface area contributed by atoms with Crippen molar-refractivity contribution in [1.82, 2.24) is 10.6 Å². The molecule has 0 bridgehead atoms. The molecule has 2 saturated heterocycles. The van der Waals surface area contributed by atoms with Crippen LogP contribution in [0.15, 0.2) is 0 Å². The minimum Gasteiger partial charge on any atom is -0.481 e. The quantitative estimate of drug-likeness (QED) is 0.592. The zero-order chi connectivity index (χ0) is 10.9. The Kier molecular flexibility index (Phi) is 2.95. The molecule has 2 aliphatic rings. The number of hydrogen-bond donors (Lipinski definition) is 3. The highest BCUT2D eigenvalue weighted by atomic mass is 16.5. The Bertz CT molecular complexity index is 253. The summed E-state index contributed by atoms with van der Waals surface area (Å²) in [5.74, 6) is -0.740. The highest BCUT2D eigenvalue weighted by Crippen LogP contribution is 2.22. The Morgan fingerprint density at radius 1 is 1.67 bits per heavy atom. The maximum Gasteiger partial charge on any atom is 0.305 e. The summed E-state index contributed by atoms with van der Waals surface area (Å²) < 4.78 is 5.45. The van der Waals surface area contributed by atoms with Crippen LogP contribution in [-0.4, -0.2) is 48.5 Å². The van der Waals surface area contributed by atoms with Crippen LogP contribution in [0.2, 0.25) is 0 Å². The van der Waals surface area contributed by atoms with Crippen molar-refractivity contribution in [2.24, 2.45) is 0 Å². The molecular weight excluding hydrogens is 196 g/mol. The lowest BCUT2D eigenvalue weighted by Gasteiger charge is -2.44. The first-order valence-electron chi connectivity index (χ1n) is 5.43. The summed E-state index contributed by atoms with van der Waals surface area (Å²) in [5.41, 5.74) is -0.252. The molecule has 15 heavy (non-hydrogen) atoms. The van der Waals surface area contributed by atoms with Gasteiger partial charge in [0.25, 0.3) is 0 Å². The normalized spacial score (nSPS) is 33.7. The molecule has 86 valence electrons. The molecule has 2 atom stereocenters. The van der Waals surface area contributed by atoms with E-state index in [1.165, 1.54) is 0 Å². The van der Waals surface area contributed by atoms with Gasteiger partial charge < -0.3 is 20.5 Å². The molecule has 0 radical (unpaired) electrons. The third kappa shape index (κ3) is 2.30. The first-order valence-corrected chi connectivity index (χ1v) is 5.43. The van der Waals surface area contributed by atoms with Crippen LogP contribution < -0.4 is 10.6 Å². The monoisotopic (exact) mass is 214 g/mol. The van der Waals surface area contributed by atoms with Crippen molar-refractivity contribution in [3.8, 4) is 0 Å². The van der Waals surface area contributed by atoms with E-state index in [-0.39, 0.29) is 18.1 Å². The summed E-state index contributed by atoms with van der Waals surface area (Å²) in [7, 11) is 0. The van der Waals surface area contributed by atoms with Crippen molar-refractivity contribution in [2.75, 3.05) is 19.7 Å². The van der Waals surface area contributed by atoms with Crippen LogP contribution in [0.4, 0.5) is 0 Å². The SMILES string of the molecule is CC1OCCC1NC1(CC(=O)O)CNC1. The van der Waals surface area contributed by atoms with Crippen molar-refractivity contribution in [2.45, 2.75) is 37.5 Å². The zero-order valence-electron chi connectivity index (χ0n) is 8.95. The third-order valence-electron chi connectivity index (χ3n) is 3.28. The van der Waals surface area contributed by atoms with E-state index in [2.05, 4.69) is 10.6 Å². The van der Waals surface area contributed by atoms with E-state index < -0.39 is 5.97 Å². The molecular formula is C10H18N2O3. The predicted octanol–water partition coefficient (Wildman–Crippen LogP) is -0.430. The van der Waals surface area contributed by atoms with E-state index in [1.54, 1.807) is 0 Å². The molecule has 0 amide bonds. The highest BCUT2D eigenvalue weighted by Gasteiger charge is 2.42. The van der Waals surface area contributed by atoms with Gasteiger partial charge in [-0.3, -0.25) is 4.79 Å². The van der Waals surface area contributed by atoms with Crippen LogP contribution >= 0.6 is 0 Å². The van der Waals surface area contributed by atoms with Crippen molar-refractivity contribution in [3.63, 3.8) is 0 Å². The predicted molar refractivity (Wildman–Crippen MR) is 54.8 cm³/mol. The Morgan fingerprint density at radius 3 is 2.80 bits per heavy atom. The summed E-state index contributed by atoms with van der Waals surface area (Å²) in [6.45, 7) is 4.28. The number of aliphatic carboxylic acids is 1. The van der Waals surface area contributed by atoms with E-state index in [0.29, 0.717) is 6.04 Å². The van der Waals surface area contributed by atoms with Gasteiger partial charge in [0.05, 0.1) is 18.1 Å². The molecule has 0 aromatic rings. The number of hydrogen-bond acceptors (Lipinski definition) is 4. The summed E-state index contributed by atoms with van der Waals surface area (Å²) in [6.07, 6.45) is 1.35. The molecule has 2 aliphatic heterocycles. The van der Waals surface area contributed by atoms with Gasteiger partial charge in [-0.2, -0.15) is 0 Å². The van der Waals surface area contributed by atoms with Crippen molar-refractivity contribution < 1.29 is 14.6 Å². The summed E-state index contributed by atoms with van der Waals surface area (Å²) >= 11 is 0. The van der Waals surface area contributed by atoms with Gasteiger partial charge in [0.15, 0.2) is 0 Å². The number of nitrogens with one attached hydrogen (secondary N) is 2. The fourth-order valence-electron chi connectivity index (χ4n) is 2.31. The van der Waals surface area contributed by atoms with Crippen molar-refractivity contribution >= 4 is 5.97 Å². The number of carbonyl (C=O) groups is 1. The van der Waals surface area contributed by atoms with E-state index >= 15 is 0 Å². The molecule has 5 nitrogen and oxygen atoms in total. The average Bonchev–Trinajstić information content (AvgIpc) is 2.47. The summed E-state index contributed by atoms with van der Waals surface area (Å²) in [5, 5.41) is 15.4. The molecule has 2 heterocycles. The summed E-state index contributed by atoms with van der Waals surface area (Å²) in [4.78, 5) is 10.8. The zero-order valence-corrected chi connectivity index (χ0v) is 8.95. The van der Waals surface area contributed by atoms with Gasteiger partial charge in [0.2, 0.25) is 0 Å². The van der Waals surface area contributed by atoms with E-state index in [4.69, 9.17) is 9.84 Å². The molecule has 0 aromatic heterocycles. The number of rotatable bonds is 4. The molecule has 2 unspecified atom stereocenters. The van der Waals surface area contributed by atoms with Gasteiger partial charge >= 0.3 is 5.97 Å². The summed E-state index contributed by atoms with van der Waals surface area (Å²) in [6, 6.07) is 0.298. The van der Waals surface area contributed by atoms with E-state index in [1.807, 2.05) is 6.92 Å². The largest absolute Gasteiger partial charge is 0.481 e. The Balaban J connectivity index is 1.92. The Hall–Kier alpha value is -0.650. The lowest BCUT2D eigenvalue weighted by Crippen LogP contribution is -2.70.